The van der Waals surface area contributed by atoms with Crippen LogP contribution in [0.5, 0.6) is 5.75 Å². The fourth-order valence-corrected chi connectivity index (χ4v) is 9.57. The summed E-state index contributed by atoms with van der Waals surface area (Å²) in [5, 5.41) is 1.52. The van der Waals surface area contributed by atoms with Crippen LogP contribution in [-0.4, -0.2) is 32.1 Å². The number of ether oxygens (including phenoxy) is 1. The molecule has 2 aromatic rings. The predicted octanol–water partition coefficient (Wildman–Crippen LogP) is 4.91. The summed E-state index contributed by atoms with van der Waals surface area (Å²) >= 11 is 0. The molecule has 4 heteroatoms. The van der Waals surface area contributed by atoms with E-state index in [1.165, 1.54) is 22.0 Å². The first-order valence-corrected chi connectivity index (χ1v) is 10.8. The van der Waals surface area contributed by atoms with E-state index in [0.29, 0.717) is 18.6 Å². The topological polar surface area (TPSA) is 29.5 Å². The molecule has 0 saturated carbocycles. The van der Waals surface area contributed by atoms with Crippen LogP contribution in [0, 0.1) is 0 Å². The molecule has 0 bridgehead atoms. The van der Waals surface area contributed by atoms with Crippen LogP contribution in [0.4, 0.5) is 5.69 Å². The normalized spacial score (nSPS) is 25.3. The lowest BCUT2D eigenvalue weighted by Gasteiger charge is -2.59. The van der Waals surface area contributed by atoms with Crippen molar-refractivity contribution in [1.29, 1.82) is 0 Å². The molecule has 0 aromatic heterocycles. The van der Waals surface area contributed by atoms with Crippen molar-refractivity contribution in [2.75, 3.05) is 26.1 Å². The zero-order valence-corrected chi connectivity index (χ0v) is 18.0. The molecule has 0 N–H and O–H groups in total. The summed E-state index contributed by atoms with van der Waals surface area (Å²) in [6, 6.07) is 12.9. The highest BCUT2D eigenvalue weighted by molar-refractivity contribution is 7.71. The number of anilines is 1. The summed E-state index contributed by atoms with van der Waals surface area (Å²) in [5.41, 5.74) is 4.97. The van der Waals surface area contributed by atoms with Gasteiger partial charge >= 0.3 is 0 Å². The van der Waals surface area contributed by atoms with Crippen LogP contribution < -0.4 is 14.9 Å². The Labute approximate surface area is 163 Å². The van der Waals surface area contributed by atoms with Gasteiger partial charge in [0.15, 0.2) is 0 Å². The molecule has 3 nitrogen and oxygen atoms in total. The number of methoxy groups -OCH3 is 1. The van der Waals surface area contributed by atoms with Gasteiger partial charge in [-0.05, 0) is 33.7 Å². The summed E-state index contributed by atoms with van der Waals surface area (Å²) in [7, 11) is 5.47. The van der Waals surface area contributed by atoms with Gasteiger partial charge in [0.25, 0.3) is 0 Å². The molecule has 1 saturated heterocycles. The van der Waals surface area contributed by atoms with Gasteiger partial charge in [-0.25, -0.2) is 0 Å². The van der Waals surface area contributed by atoms with Crippen molar-refractivity contribution >= 4 is 24.7 Å². The zero-order chi connectivity index (χ0) is 19.6. The molecule has 0 radical (unpaired) electrons. The number of nitrogens with zero attached hydrogens (tertiary/aromatic N) is 1. The van der Waals surface area contributed by atoms with Crippen molar-refractivity contribution in [1.82, 2.24) is 0 Å². The third kappa shape index (κ3) is 2.55. The number of rotatable bonds is 3. The van der Waals surface area contributed by atoms with Crippen LogP contribution in [0.25, 0.3) is 11.1 Å². The Kier molecular flexibility index (Phi) is 4.16. The molecule has 0 aliphatic carbocycles. The van der Waals surface area contributed by atoms with Gasteiger partial charge in [-0.2, -0.15) is 0 Å². The van der Waals surface area contributed by atoms with E-state index in [1.54, 1.807) is 7.11 Å². The molecule has 27 heavy (non-hydrogen) atoms. The molecule has 0 spiro atoms. The monoisotopic (exact) mass is 381 g/mol. The van der Waals surface area contributed by atoms with E-state index in [9.17, 15) is 4.79 Å². The van der Waals surface area contributed by atoms with Gasteiger partial charge < -0.3 is 9.64 Å². The fraction of sp³-hybridized carbons (Fsp3) is 0.435. The largest absolute Gasteiger partial charge is 0.496 e. The Bertz CT molecular complexity index is 934. The number of carbonyl (C=O) groups excluding carboxylic acids is 1. The van der Waals surface area contributed by atoms with Crippen molar-refractivity contribution in [3.8, 4) is 16.9 Å². The summed E-state index contributed by atoms with van der Waals surface area (Å²) in [5.74, 6) is 1.31. The number of fused-ring (bicyclic) bond motifs is 4. The van der Waals surface area contributed by atoms with E-state index in [2.05, 4.69) is 64.0 Å². The number of benzene rings is 2. The SMILES string of the molecule is COc1cccc(N(C)C)c1-c1cccc2c1P1C(C)(C)CC(=O)CC21C. The minimum atomic E-state index is -0.428. The highest BCUT2D eigenvalue weighted by atomic mass is 31.1. The lowest BCUT2D eigenvalue weighted by atomic mass is 9.86. The first-order chi connectivity index (χ1) is 12.7. The summed E-state index contributed by atoms with van der Waals surface area (Å²) in [4.78, 5) is 14.6. The first-order valence-electron chi connectivity index (χ1n) is 9.51. The van der Waals surface area contributed by atoms with Crippen molar-refractivity contribution in [2.45, 2.75) is 43.9 Å². The van der Waals surface area contributed by atoms with E-state index in [-0.39, 0.29) is 10.3 Å². The van der Waals surface area contributed by atoms with Crippen LogP contribution in [0.2, 0.25) is 0 Å². The third-order valence-electron chi connectivity index (χ3n) is 6.09. The number of hydrogen-bond acceptors (Lipinski definition) is 3. The molecule has 142 valence electrons. The van der Waals surface area contributed by atoms with E-state index in [0.717, 1.165) is 11.4 Å². The van der Waals surface area contributed by atoms with E-state index < -0.39 is 7.92 Å². The molecule has 0 amide bonds. The fourth-order valence-electron chi connectivity index (χ4n) is 5.22. The number of hydrogen-bond donors (Lipinski definition) is 0. The van der Waals surface area contributed by atoms with E-state index >= 15 is 0 Å². The standard InChI is InChI=1S/C23H28NO2P/c1-22(2)13-15(25)14-23(3)17-10-7-9-16(21(17)27(22)23)20-18(24(4)5)11-8-12-19(20)26-6/h7-12H,13-14H2,1-6H3. The molecular weight excluding hydrogens is 353 g/mol. The predicted molar refractivity (Wildman–Crippen MR) is 115 cm³/mol. The number of Topliss-reactive ketones (excluding diaryl/α,β-unsaturated/α-hetero) is 1. The lowest BCUT2D eigenvalue weighted by Crippen LogP contribution is -2.52. The van der Waals surface area contributed by atoms with Gasteiger partial charge in [0.05, 0.1) is 7.11 Å². The molecule has 1 fully saturated rings. The van der Waals surface area contributed by atoms with Gasteiger partial charge in [-0.15, -0.1) is 0 Å². The smallest absolute Gasteiger partial charge is 0.135 e. The Morgan fingerprint density at radius 2 is 1.74 bits per heavy atom. The minimum Gasteiger partial charge on any atom is -0.496 e. The van der Waals surface area contributed by atoms with Crippen LogP contribution in [0.1, 0.15) is 39.2 Å². The minimum absolute atomic E-state index is 0.0137. The van der Waals surface area contributed by atoms with Crippen molar-refractivity contribution in [2.24, 2.45) is 0 Å². The Morgan fingerprint density at radius 3 is 2.41 bits per heavy atom. The second kappa shape index (κ2) is 6.07. The van der Waals surface area contributed by atoms with Gasteiger partial charge in [-0.1, -0.05) is 53.0 Å². The van der Waals surface area contributed by atoms with E-state index in [4.69, 9.17) is 4.74 Å². The van der Waals surface area contributed by atoms with Crippen molar-refractivity contribution in [3.05, 3.63) is 42.0 Å². The maximum atomic E-state index is 12.5. The molecule has 4 rings (SSSR count). The Morgan fingerprint density at radius 1 is 1.04 bits per heavy atom. The van der Waals surface area contributed by atoms with Gasteiger partial charge in [0.2, 0.25) is 0 Å². The third-order valence-corrected chi connectivity index (χ3v) is 9.77. The summed E-state index contributed by atoms with van der Waals surface area (Å²) in [6.45, 7) is 6.87. The van der Waals surface area contributed by atoms with Gasteiger partial charge in [0, 0.05) is 43.3 Å². The second-order valence-electron chi connectivity index (χ2n) is 8.76. The highest BCUT2D eigenvalue weighted by Crippen LogP contribution is 2.76. The van der Waals surface area contributed by atoms with Crippen LogP contribution in [-0.2, 0) is 9.95 Å². The Balaban J connectivity index is 1.99. The molecule has 2 heterocycles. The van der Waals surface area contributed by atoms with Crippen LogP contribution >= 0.6 is 7.92 Å². The molecule has 2 unspecified atom stereocenters. The molecule has 2 aliphatic rings. The number of carbonyl (C=O) groups is 1. The second-order valence-corrected chi connectivity index (χ2v) is 12.1. The maximum Gasteiger partial charge on any atom is 0.135 e. The number of ketones is 1. The molecule has 2 aromatic carbocycles. The Hall–Kier alpha value is -1.86. The summed E-state index contributed by atoms with van der Waals surface area (Å²) in [6.07, 6.45) is 1.37. The average molecular weight is 381 g/mol. The molecule has 2 aliphatic heterocycles. The van der Waals surface area contributed by atoms with Crippen molar-refractivity contribution in [3.63, 3.8) is 0 Å². The van der Waals surface area contributed by atoms with E-state index in [1.807, 2.05) is 12.1 Å². The van der Waals surface area contributed by atoms with Crippen LogP contribution in [0.15, 0.2) is 36.4 Å². The average Bonchev–Trinajstić information content (AvgIpc) is 2.58. The lowest BCUT2D eigenvalue weighted by molar-refractivity contribution is -0.120. The maximum absolute atomic E-state index is 12.5. The highest BCUT2D eigenvalue weighted by Gasteiger charge is 2.59. The molecular formula is C23H28NO2P. The summed E-state index contributed by atoms with van der Waals surface area (Å²) < 4.78 is 5.77. The zero-order valence-electron chi connectivity index (χ0n) is 17.1. The van der Waals surface area contributed by atoms with Gasteiger partial charge in [-0.3, -0.25) is 4.79 Å². The quantitative estimate of drug-likeness (QED) is 0.708. The van der Waals surface area contributed by atoms with Crippen molar-refractivity contribution < 1.29 is 9.53 Å². The molecule has 2 atom stereocenters. The van der Waals surface area contributed by atoms with Gasteiger partial charge in [0.1, 0.15) is 11.5 Å². The first kappa shape index (κ1) is 18.5. The van der Waals surface area contributed by atoms with Crippen LogP contribution in [0.3, 0.4) is 0 Å².